The molecule has 0 aliphatic carbocycles. The molecule has 4 aromatic rings. The maximum atomic E-state index is 12.2. The number of benzene rings is 2. The molecular formula is C23H20N2O4. The first-order chi connectivity index (χ1) is 14.1. The van der Waals surface area contributed by atoms with E-state index in [9.17, 15) is 9.59 Å². The highest BCUT2D eigenvalue weighted by Crippen LogP contribution is 2.23. The summed E-state index contributed by atoms with van der Waals surface area (Å²) >= 11 is 0. The summed E-state index contributed by atoms with van der Waals surface area (Å²) in [6.45, 7) is 1.46. The molecule has 0 aliphatic rings. The molecule has 0 bridgehead atoms. The van der Waals surface area contributed by atoms with Crippen LogP contribution in [0.1, 0.15) is 29.1 Å². The normalized spacial score (nSPS) is 11.9. The van der Waals surface area contributed by atoms with E-state index in [-0.39, 0.29) is 12.6 Å². The third kappa shape index (κ3) is 4.21. The lowest BCUT2D eigenvalue weighted by atomic mass is 10.2. The van der Waals surface area contributed by atoms with E-state index in [1.54, 1.807) is 12.1 Å². The minimum atomic E-state index is -0.546. The van der Waals surface area contributed by atoms with Gasteiger partial charge in [0.25, 0.3) is 5.91 Å². The molecule has 2 aromatic carbocycles. The zero-order valence-corrected chi connectivity index (χ0v) is 15.9. The van der Waals surface area contributed by atoms with E-state index in [0.29, 0.717) is 11.3 Å². The highest BCUT2D eigenvalue weighted by molar-refractivity contribution is 5.91. The van der Waals surface area contributed by atoms with Gasteiger partial charge in [0.15, 0.2) is 6.61 Å². The van der Waals surface area contributed by atoms with Crippen LogP contribution in [0.3, 0.4) is 0 Å². The van der Waals surface area contributed by atoms with Gasteiger partial charge in [0.05, 0.1) is 11.6 Å². The number of nitrogens with zero attached hydrogens (tertiary/aromatic N) is 1. The van der Waals surface area contributed by atoms with Crippen molar-refractivity contribution in [3.63, 3.8) is 0 Å². The van der Waals surface area contributed by atoms with Gasteiger partial charge in [0.2, 0.25) is 0 Å². The van der Waals surface area contributed by atoms with Gasteiger partial charge in [-0.25, -0.2) is 4.79 Å². The van der Waals surface area contributed by atoms with E-state index in [2.05, 4.69) is 5.32 Å². The second-order valence-electron chi connectivity index (χ2n) is 6.69. The van der Waals surface area contributed by atoms with Crippen LogP contribution in [0.2, 0.25) is 0 Å². The largest absolute Gasteiger partial charge is 0.459 e. The maximum Gasteiger partial charge on any atom is 0.338 e. The Balaban J connectivity index is 1.31. The number of furan rings is 1. The summed E-state index contributed by atoms with van der Waals surface area (Å²) in [7, 11) is 0. The van der Waals surface area contributed by atoms with Gasteiger partial charge in [0, 0.05) is 23.5 Å². The number of rotatable bonds is 6. The van der Waals surface area contributed by atoms with Crippen LogP contribution in [0, 0.1) is 0 Å². The van der Waals surface area contributed by atoms with Crippen LogP contribution in [0.15, 0.2) is 83.5 Å². The minimum Gasteiger partial charge on any atom is -0.459 e. The van der Waals surface area contributed by atoms with Crippen molar-refractivity contribution in [1.29, 1.82) is 0 Å². The number of esters is 1. The van der Waals surface area contributed by atoms with Gasteiger partial charge in [-0.1, -0.05) is 18.2 Å². The molecule has 1 N–H and O–H groups in total. The minimum absolute atomic E-state index is 0.338. The third-order valence-corrected chi connectivity index (χ3v) is 4.59. The fourth-order valence-electron chi connectivity index (χ4n) is 3.06. The van der Waals surface area contributed by atoms with Crippen molar-refractivity contribution in [2.24, 2.45) is 0 Å². The lowest BCUT2D eigenvalue weighted by Crippen LogP contribution is -2.31. The van der Waals surface area contributed by atoms with Crippen LogP contribution in [0.5, 0.6) is 0 Å². The standard InChI is InChI=1S/C23H20N2O4/c1-16(21-14-18-6-2-3-7-20(18)29-21)24-22(26)15-28-23(27)17-8-10-19(11-9-17)25-12-4-5-13-25/h2-14,16H,15H2,1H3,(H,24,26)/t16-/m0/s1. The van der Waals surface area contributed by atoms with Crippen LogP contribution >= 0.6 is 0 Å². The van der Waals surface area contributed by atoms with Gasteiger partial charge >= 0.3 is 5.97 Å². The van der Waals surface area contributed by atoms with Gasteiger partial charge in [0.1, 0.15) is 11.3 Å². The maximum absolute atomic E-state index is 12.2. The number of carbonyl (C=O) groups excluding carboxylic acids is 2. The summed E-state index contributed by atoms with van der Waals surface area (Å²) in [5.41, 5.74) is 2.08. The summed E-state index contributed by atoms with van der Waals surface area (Å²) in [6, 6.07) is 20.0. The van der Waals surface area contributed by atoms with E-state index >= 15 is 0 Å². The molecule has 0 aliphatic heterocycles. The molecule has 146 valence electrons. The number of nitrogens with one attached hydrogen (secondary N) is 1. The lowest BCUT2D eigenvalue weighted by Gasteiger charge is -2.11. The summed E-state index contributed by atoms with van der Waals surface area (Å²) in [4.78, 5) is 24.3. The molecule has 2 aromatic heterocycles. The zero-order valence-electron chi connectivity index (χ0n) is 15.9. The molecule has 0 unspecified atom stereocenters. The van der Waals surface area contributed by atoms with Gasteiger partial charge in [-0.3, -0.25) is 4.79 Å². The highest BCUT2D eigenvalue weighted by Gasteiger charge is 2.16. The highest BCUT2D eigenvalue weighted by atomic mass is 16.5. The van der Waals surface area contributed by atoms with Crippen LogP contribution in [-0.2, 0) is 9.53 Å². The van der Waals surface area contributed by atoms with Crippen LogP contribution in [0.4, 0.5) is 0 Å². The monoisotopic (exact) mass is 388 g/mol. The predicted molar refractivity (Wildman–Crippen MR) is 109 cm³/mol. The average Bonchev–Trinajstić information content (AvgIpc) is 3.42. The van der Waals surface area contributed by atoms with Crippen molar-refractivity contribution >= 4 is 22.8 Å². The number of hydrogen-bond donors (Lipinski definition) is 1. The molecule has 29 heavy (non-hydrogen) atoms. The molecule has 0 saturated carbocycles. The number of fused-ring (bicyclic) bond motifs is 1. The molecule has 0 saturated heterocycles. The van der Waals surface area contributed by atoms with Crippen molar-refractivity contribution in [1.82, 2.24) is 9.88 Å². The van der Waals surface area contributed by atoms with Crippen molar-refractivity contribution in [3.05, 3.63) is 90.4 Å². The Hall–Kier alpha value is -3.80. The van der Waals surface area contributed by atoms with E-state index in [1.807, 2.05) is 78.5 Å². The Labute approximate surface area is 167 Å². The molecule has 0 radical (unpaired) electrons. The van der Waals surface area contributed by atoms with Crippen LogP contribution in [-0.4, -0.2) is 23.1 Å². The van der Waals surface area contributed by atoms with E-state index < -0.39 is 11.9 Å². The first-order valence-electron chi connectivity index (χ1n) is 9.28. The molecule has 1 amide bonds. The van der Waals surface area contributed by atoms with Gasteiger partial charge in [-0.2, -0.15) is 0 Å². The molecular weight excluding hydrogens is 368 g/mol. The van der Waals surface area contributed by atoms with Crippen molar-refractivity contribution in [3.8, 4) is 5.69 Å². The second kappa shape index (κ2) is 8.06. The molecule has 1 atom stereocenters. The lowest BCUT2D eigenvalue weighted by molar-refractivity contribution is -0.125. The topological polar surface area (TPSA) is 73.5 Å². The number of amides is 1. The first kappa shape index (κ1) is 18.6. The number of hydrogen-bond acceptors (Lipinski definition) is 4. The summed E-state index contributed by atoms with van der Waals surface area (Å²) in [5.74, 6) is -0.294. The first-order valence-corrected chi connectivity index (χ1v) is 9.28. The smallest absolute Gasteiger partial charge is 0.338 e. The van der Waals surface area contributed by atoms with Crippen LogP contribution in [0.25, 0.3) is 16.7 Å². The van der Waals surface area contributed by atoms with Gasteiger partial charge < -0.3 is 19.0 Å². The van der Waals surface area contributed by atoms with Gasteiger partial charge in [-0.15, -0.1) is 0 Å². The fraction of sp³-hybridized carbons (Fsp3) is 0.130. The van der Waals surface area contributed by atoms with E-state index in [0.717, 1.165) is 16.7 Å². The summed E-state index contributed by atoms with van der Waals surface area (Å²) < 4.78 is 12.8. The van der Waals surface area contributed by atoms with Crippen LogP contribution < -0.4 is 5.32 Å². The molecule has 0 fully saturated rings. The molecule has 6 heteroatoms. The molecule has 0 spiro atoms. The quantitative estimate of drug-likeness (QED) is 0.501. The Kier molecular flexibility index (Phi) is 5.16. The average molecular weight is 388 g/mol. The number of aromatic nitrogens is 1. The molecule has 4 rings (SSSR count). The van der Waals surface area contributed by atoms with Crippen molar-refractivity contribution < 1.29 is 18.7 Å². The Morgan fingerprint density at radius 2 is 1.76 bits per heavy atom. The number of para-hydroxylation sites is 1. The van der Waals surface area contributed by atoms with E-state index in [4.69, 9.17) is 9.15 Å². The third-order valence-electron chi connectivity index (χ3n) is 4.59. The Morgan fingerprint density at radius 3 is 2.48 bits per heavy atom. The zero-order chi connectivity index (χ0) is 20.2. The summed E-state index contributed by atoms with van der Waals surface area (Å²) in [5, 5.41) is 3.75. The predicted octanol–water partition coefficient (Wildman–Crippen LogP) is 4.26. The van der Waals surface area contributed by atoms with Crippen molar-refractivity contribution in [2.75, 3.05) is 6.61 Å². The molecule has 2 heterocycles. The Bertz CT molecular complexity index is 1090. The van der Waals surface area contributed by atoms with Gasteiger partial charge in [-0.05, 0) is 55.5 Å². The van der Waals surface area contributed by atoms with Crippen molar-refractivity contribution in [2.45, 2.75) is 13.0 Å². The number of ether oxygens (including phenoxy) is 1. The van der Waals surface area contributed by atoms with E-state index in [1.165, 1.54) is 0 Å². The number of carbonyl (C=O) groups is 2. The Morgan fingerprint density at radius 1 is 1.03 bits per heavy atom. The second-order valence-corrected chi connectivity index (χ2v) is 6.69. The fourth-order valence-corrected chi connectivity index (χ4v) is 3.06. The summed E-state index contributed by atoms with van der Waals surface area (Å²) in [6.07, 6.45) is 3.84. The molecule has 6 nitrogen and oxygen atoms in total. The SMILES string of the molecule is C[C@H](NC(=O)COC(=O)c1ccc(-n2cccc2)cc1)c1cc2ccccc2o1.